The highest BCUT2D eigenvalue weighted by atomic mass is 32.1. The van der Waals surface area contributed by atoms with E-state index in [9.17, 15) is 4.79 Å². The van der Waals surface area contributed by atoms with Gasteiger partial charge in [-0.2, -0.15) is 0 Å². The third-order valence-corrected chi connectivity index (χ3v) is 2.18. The molecule has 0 bridgehead atoms. The normalized spacial score (nSPS) is 9.92. The Hall–Kier alpha value is -0.760. The summed E-state index contributed by atoms with van der Waals surface area (Å²) in [6.45, 7) is 3.99. The summed E-state index contributed by atoms with van der Waals surface area (Å²) in [6.07, 6.45) is 0.953. The number of carbonyl (C=O) groups excluding carboxylic acids is 1. The van der Waals surface area contributed by atoms with Gasteiger partial charge in [0.1, 0.15) is 0 Å². The van der Waals surface area contributed by atoms with Gasteiger partial charge in [-0.25, -0.2) is 0 Å². The van der Waals surface area contributed by atoms with Crippen LogP contribution in [0.5, 0.6) is 0 Å². The Morgan fingerprint density at radius 1 is 1.50 bits per heavy atom. The lowest BCUT2D eigenvalue weighted by molar-refractivity contribution is 0.109. The Morgan fingerprint density at radius 3 is 2.67 bits per heavy atom. The Morgan fingerprint density at radius 2 is 2.17 bits per heavy atom. The zero-order valence-electron chi connectivity index (χ0n) is 7.29. The van der Waals surface area contributed by atoms with Crippen molar-refractivity contribution >= 4 is 17.7 Å². The van der Waals surface area contributed by atoms with Crippen molar-refractivity contribution in [2.45, 2.75) is 20.3 Å². The average Bonchev–Trinajstić information content (AvgIpc) is 2.05. The van der Waals surface area contributed by atoms with E-state index >= 15 is 0 Å². The first-order valence-corrected chi connectivity index (χ1v) is 4.42. The molecule has 0 atom stereocenters. The molecule has 0 saturated carbocycles. The SMILES string of the molecule is CCc1ccc(C)c(C(=O)S)c1. The summed E-state index contributed by atoms with van der Waals surface area (Å²) >= 11 is 3.80. The van der Waals surface area contributed by atoms with Gasteiger partial charge in [-0.1, -0.05) is 19.1 Å². The standard InChI is InChI=1S/C10H12OS/c1-3-8-5-4-7(2)9(6-8)10(11)12/h4-6H,3H2,1-2H3,(H,11,12). The van der Waals surface area contributed by atoms with Crippen LogP contribution in [0.25, 0.3) is 0 Å². The fraction of sp³-hybridized carbons (Fsp3) is 0.300. The third-order valence-electron chi connectivity index (χ3n) is 1.94. The van der Waals surface area contributed by atoms with Crippen LogP contribution in [-0.4, -0.2) is 5.12 Å². The van der Waals surface area contributed by atoms with E-state index in [1.807, 2.05) is 25.1 Å². The number of hydrogen-bond donors (Lipinski definition) is 1. The lowest BCUT2D eigenvalue weighted by Gasteiger charge is -2.03. The summed E-state index contributed by atoms with van der Waals surface area (Å²) in [5.74, 6) is 0. The van der Waals surface area contributed by atoms with E-state index < -0.39 is 0 Å². The first kappa shape index (κ1) is 9.33. The van der Waals surface area contributed by atoms with Crippen molar-refractivity contribution in [3.8, 4) is 0 Å². The quantitative estimate of drug-likeness (QED) is 0.692. The molecule has 0 radical (unpaired) electrons. The molecule has 0 aliphatic carbocycles. The van der Waals surface area contributed by atoms with E-state index in [1.165, 1.54) is 5.56 Å². The predicted molar refractivity (Wildman–Crippen MR) is 53.9 cm³/mol. The molecule has 0 N–H and O–H groups in total. The Balaban J connectivity index is 3.17. The maximum Gasteiger partial charge on any atom is 0.216 e. The molecule has 0 amide bonds. The molecule has 2 heteroatoms. The highest BCUT2D eigenvalue weighted by Gasteiger charge is 2.04. The van der Waals surface area contributed by atoms with Gasteiger partial charge in [0.05, 0.1) is 0 Å². The highest BCUT2D eigenvalue weighted by Crippen LogP contribution is 2.13. The first-order valence-electron chi connectivity index (χ1n) is 3.98. The van der Waals surface area contributed by atoms with E-state index in [4.69, 9.17) is 0 Å². The van der Waals surface area contributed by atoms with Crippen molar-refractivity contribution in [2.24, 2.45) is 0 Å². The van der Waals surface area contributed by atoms with E-state index in [0.29, 0.717) is 0 Å². The maximum atomic E-state index is 11.0. The lowest BCUT2D eigenvalue weighted by Crippen LogP contribution is -1.95. The summed E-state index contributed by atoms with van der Waals surface area (Å²) in [5, 5.41) is -0.150. The van der Waals surface area contributed by atoms with Gasteiger partial charge in [-0.05, 0) is 30.5 Å². The molecule has 1 aromatic rings. The van der Waals surface area contributed by atoms with Crippen LogP contribution in [-0.2, 0) is 6.42 Å². The molecule has 0 fully saturated rings. The molecule has 64 valence electrons. The number of carbonyl (C=O) groups is 1. The molecule has 12 heavy (non-hydrogen) atoms. The highest BCUT2D eigenvalue weighted by molar-refractivity contribution is 7.97. The van der Waals surface area contributed by atoms with Crippen LogP contribution >= 0.6 is 12.6 Å². The van der Waals surface area contributed by atoms with Crippen molar-refractivity contribution in [2.75, 3.05) is 0 Å². The largest absolute Gasteiger partial charge is 0.282 e. The van der Waals surface area contributed by atoms with Crippen LogP contribution in [0, 0.1) is 6.92 Å². The first-order chi connectivity index (χ1) is 5.65. The fourth-order valence-electron chi connectivity index (χ4n) is 1.12. The zero-order chi connectivity index (χ0) is 9.14. The van der Waals surface area contributed by atoms with Crippen LogP contribution in [0.2, 0.25) is 0 Å². The fourth-order valence-corrected chi connectivity index (χ4v) is 1.36. The molecule has 1 nitrogen and oxygen atoms in total. The summed E-state index contributed by atoms with van der Waals surface area (Å²) in [5.41, 5.74) is 2.89. The Bertz CT molecular complexity index is 305. The van der Waals surface area contributed by atoms with Gasteiger partial charge in [0.15, 0.2) is 0 Å². The van der Waals surface area contributed by atoms with Crippen molar-refractivity contribution in [3.63, 3.8) is 0 Å². The van der Waals surface area contributed by atoms with Gasteiger partial charge in [-0.15, -0.1) is 12.6 Å². The summed E-state index contributed by atoms with van der Waals surface area (Å²) < 4.78 is 0. The lowest BCUT2D eigenvalue weighted by atomic mass is 10.0. The van der Waals surface area contributed by atoms with E-state index in [-0.39, 0.29) is 5.12 Å². The monoisotopic (exact) mass is 180 g/mol. The molecule has 0 aromatic heterocycles. The van der Waals surface area contributed by atoms with Gasteiger partial charge < -0.3 is 0 Å². The van der Waals surface area contributed by atoms with Crippen LogP contribution in [0.4, 0.5) is 0 Å². The molecular formula is C10H12OS. The van der Waals surface area contributed by atoms with Crippen molar-refractivity contribution < 1.29 is 4.79 Å². The second kappa shape index (κ2) is 3.76. The molecule has 1 aromatic carbocycles. The molecule has 0 aliphatic rings. The Labute approximate surface area is 78.2 Å². The Kier molecular flexibility index (Phi) is 2.93. The maximum absolute atomic E-state index is 11.0. The number of benzene rings is 1. The minimum absolute atomic E-state index is 0.150. The van der Waals surface area contributed by atoms with Gasteiger partial charge >= 0.3 is 0 Å². The van der Waals surface area contributed by atoms with Crippen LogP contribution in [0.1, 0.15) is 28.4 Å². The van der Waals surface area contributed by atoms with Crippen molar-refractivity contribution in [3.05, 3.63) is 34.9 Å². The van der Waals surface area contributed by atoms with Gasteiger partial charge in [0.25, 0.3) is 0 Å². The summed E-state index contributed by atoms with van der Waals surface area (Å²) in [6, 6.07) is 5.91. The van der Waals surface area contributed by atoms with Crippen LogP contribution in [0.15, 0.2) is 18.2 Å². The molecular weight excluding hydrogens is 168 g/mol. The second-order valence-corrected chi connectivity index (χ2v) is 3.21. The number of rotatable bonds is 2. The third kappa shape index (κ3) is 1.89. The van der Waals surface area contributed by atoms with Crippen molar-refractivity contribution in [1.82, 2.24) is 0 Å². The molecule has 0 heterocycles. The minimum Gasteiger partial charge on any atom is -0.282 e. The van der Waals surface area contributed by atoms with Crippen molar-refractivity contribution in [1.29, 1.82) is 0 Å². The van der Waals surface area contributed by atoms with Gasteiger partial charge in [-0.3, -0.25) is 4.79 Å². The molecule has 0 saturated heterocycles. The number of hydrogen-bond acceptors (Lipinski definition) is 1. The summed E-state index contributed by atoms with van der Waals surface area (Å²) in [7, 11) is 0. The van der Waals surface area contributed by atoms with Gasteiger partial charge in [0.2, 0.25) is 5.12 Å². The van der Waals surface area contributed by atoms with E-state index in [2.05, 4.69) is 19.6 Å². The number of thiol groups is 1. The van der Waals surface area contributed by atoms with E-state index in [1.54, 1.807) is 0 Å². The van der Waals surface area contributed by atoms with Crippen LogP contribution in [0.3, 0.4) is 0 Å². The van der Waals surface area contributed by atoms with E-state index in [0.717, 1.165) is 17.5 Å². The zero-order valence-corrected chi connectivity index (χ0v) is 8.19. The number of aryl methyl sites for hydroxylation is 2. The molecule has 0 aliphatic heterocycles. The smallest absolute Gasteiger partial charge is 0.216 e. The average molecular weight is 180 g/mol. The van der Waals surface area contributed by atoms with Crippen LogP contribution < -0.4 is 0 Å². The molecule has 0 unspecified atom stereocenters. The molecule has 0 spiro atoms. The topological polar surface area (TPSA) is 17.1 Å². The summed E-state index contributed by atoms with van der Waals surface area (Å²) in [4.78, 5) is 11.0. The second-order valence-electron chi connectivity index (χ2n) is 2.81. The molecule has 1 rings (SSSR count). The predicted octanol–water partition coefficient (Wildman–Crippen LogP) is 2.63. The van der Waals surface area contributed by atoms with Gasteiger partial charge in [0, 0.05) is 5.56 Å². The minimum atomic E-state index is -0.150.